The maximum Gasteiger partial charge on any atom is 0.170 e. The lowest BCUT2D eigenvalue weighted by Crippen LogP contribution is -2.13. The molecule has 1 saturated carbocycles. The molecule has 0 unspecified atom stereocenters. The molecule has 0 saturated heterocycles. The second-order valence-electron chi connectivity index (χ2n) is 5.29. The van der Waals surface area contributed by atoms with Crippen molar-refractivity contribution in [3.8, 4) is 0 Å². The van der Waals surface area contributed by atoms with Crippen molar-refractivity contribution in [2.45, 2.75) is 39.2 Å². The van der Waals surface area contributed by atoms with Crippen molar-refractivity contribution >= 4 is 5.84 Å². The Bertz CT molecular complexity index is 451. The normalized spacial score (nSPS) is 17.0. The van der Waals surface area contributed by atoms with Gasteiger partial charge in [0.05, 0.1) is 6.61 Å². The van der Waals surface area contributed by atoms with Crippen molar-refractivity contribution in [3.63, 3.8) is 0 Å². The third-order valence-corrected chi connectivity index (χ3v) is 3.83. The SMILES string of the molecule is Cc1cc(/C(N)=N/O)ccc1COCC1CCCC1. The van der Waals surface area contributed by atoms with Crippen LogP contribution in [0.25, 0.3) is 0 Å². The average Bonchev–Trinajstić information content (AvgIpc) is 2.93. The van der Waals surface area contributed by atoms with Gasteiger partial charge in [0.2, 0.25) is 0 Å². The lowest BCUT2D eigenvalue weighted by Gasteiger charge is -2.12. The van der Waals surface area contributed by atoms with Crippen molar-refractivity contribution in [2.75, 3.05) is 6.61 Å². The van der Waals surface area contributed by atoms with E-state index in [1.54, 1.807) is 0 Å². The van der Waals surface area contributed by atoms with E-state index in [1.807, 2.05) is 25.1 Å². The van der Waals surface area contributed by atoms with E-state index < -0.39 is 0 Å². The molecule has 2 rings (SSSR count). The predicted molar refractivity (Wildman–Crippen MR) is 75.3 cm³/mol. The number of rotatable bonds is 5. The largest absolute Gasteiger partial charge is 0.409 e. The average molecular weight is 262 g/mol. The van der Waals surface area contributed by atoms with Crippen LogP contribution in [0.5, 0.6) is 0 Å². The summed E-state index contributed by atoms with van der Waals surface area (Å²) in [6.45, 7) is 3.52. The quantitative estimate of drug-likeness (QED) is 0.371. The number of aryl methyl sites for hydroxylation is 1. The van der Waals surface area contributed by atoms with Crippen LogP contribution in [-0.2, 0) is 11.3 Å². The molecule has 0 radical (unpaired) electrons. The first-order chi connectivity index (χ1) is 9.20. The van der Waals surface area contributed by atoms with Crippen molar-refractivity contribution in [1.82, 2.24) is 0 Å². The smallest absolute Gasteiger partial charge is 0.170 e. The molecular weight excluding hydrogens is 240 g/mol. The molecule has 0 heterocycles. The van der Waals surface area contributed by atoms with Crippen LogP contribution in [0.15, 0.2) is 23.4 Å². The molecule has 1 aliphatic carbocycles. The molecule has 1 aromatic rings. The van der Waals surface area contributed by atoms with Gasteiger partial charge in [-0.1, -0.05) is 30.1 Å². The summed E-state index contributed by atoms with van der Waals surface area (Å²) in [7, 11) is 0. The summed E-state index contributed by atoms with van der Waals surface area (Å²) in [4.78, 5) is 0. The highest BCUT2D eigenvalue weighted by Gasteiger charge is 2.15. The predicted octanol–water partition coefficient (Wildman–Crippen LogP) is 2.80. The Morgan fingerprint density at radius 2 is 2.16 bits per heavy atom. The molecule has 0 bridgehead atoms. The topological polar surface area (TPSA) is 67.8 Å². The second kappa shape index (κ2) is 6.57. The summed E-state index contributed by atoms with van der Waals surface area (Å²) in [6.07, 6.45) is 5.31. The van der Waals surface area contributed by atoms with Gasteiger partial charge in [-0.25, -0.2) is 0 Å². The standard InChI is InChI=1S/C15H22N2O2/c1-11-8-13(15(16)17-18)6-7-14(11)10-19-9-12-4-2-3-5-12/h6-8,12,18H,2-5,9-10H2,1H3,(H2,16,17). The molecule has 1 aromatic carbocycles. The highest BCUT2D eigenvalue weighted by Crippen LogP contribution is 2.25. The van der Waals surface area contributed by atoms with Crippen molar-refractivity contribution < 1.29 is 9.94 Å². The summed E-state index contributed by atoms with van der Waals surface area (Å²) < 4.78 is 5.80. The van der Waals surface area contributed by atoms with Gasteiger partial charge in [0, 0.05) is 12.2 Å². The Balaban J connectivity index is 1.89. The minimum Gasteiger partial charge on any atom is -0.409 e. The molecule has 104 valence electrons. The van der Waals surface area contributed by atoms with Gasteiger partial charge in [-0.15, -0.1) is 0 Å². The second-order valence-corrected chi connectivity index (χ2v) is 5.29. The third-order valence-electron chi connectivity index (χ3n) is 3.83. The molecule has 0 aromatic heterocycles. The lowest BCUT2D eigenvalue weighted by atomic mass is 10.1. The zero-order chi connectivity index (χ0) is 13.7. The Morgan fingerprint density at radius 1 is 1.42 bits per heavy atom. The molecule has 0 spiro atoms. The van der Waals surface area contributed by atoms with Gasteiger partial charge in [-0.3, -0.25) is 0 Å². The van der Waals surface area contributed by atoms with E-state index in [0.29, 0.717) is 6.61 Å². The maximum absolute atomic E-state index is 8.65. The number of ether oxygens (including phenoxy) is 1. The van der Waals surface area contributed by atoms with Crippen LogP contribution in [0.4, 0.5) is 0 Å². The number of amidine groups is 1. The zero-order valence-electron chi connectivity index (χ0n) is 11.4. The van der Waals surface area contributed by atoms with E-state index in [-0.39, 0.29) is 5.84 Å². The van der Waals surface area contributed by atoms with E-state index in [9.17, 15) is 0 Å². The molecule has 3 N–H and O–H groups in total. The zero-order valence-corrected chi connectivity index (χ0v) is 11.4. The summed E-state index contributed by atoms with van der Waals surface area (Å²) >= 11 is 0. The van der Waals surface area contributed by atoms with Crippen LogP contribution in [0, 0.1) is 12.8 Å². The van der Waals surface area contributed by atoms with E-state index in [4.69, 9.17) is 15.7 Å². The number of oxime groups is 1. The first-order valence-corrected chi connectivity index (χ1v) is 6.86. The van der Waals surface area contributed by atoms with Gasteiger partial charge in [-0.2, -0.15) is 0 Å². The van der Waals surface area contributed by atoms with E-state index in [0.717, 1.165) is 29.2 Å². The van der Waals surface area contributed by atoms with E-state index in [2.05, 4.69) is 5.16 Å². The van der Waals surface area contributed by atoms with Crippen molar-refractivity contribution in [1.29, 1.82) is 0 Å². The van der Waals surface area contributed by atoms with Gasteiger partial charge in [0.25, 0.3) is 0 Å². The highest BCUT2D eigenvalue weighted by molar-refractivity contribution is 5.97. The fourth-order valence-electron chi connectivity index (χ4n) is 2.59. The Hall–Kier alpha value is -1.55. The number of hydrogen-bond acceptors (Lipinski definition) is 3. The Kier molecular flexibility index (Phi) is 4.80. The Labute approximate surface area is 114 Å². The third kappa shape index (κ3) is 3.70. The summed E-state index contributed by atoms with van der Waals surface area (Å²) in [5.41, 5.74) is 8.57. The molecule has 0 aliphatic heterocycles. The van der Waals surface area contributed by atoms with Crippen LogP contribution in [0.3, 0.4) is 0 Å². The van der Waals surface area contributed by atoms with Gasteiger partial charge in [0.15, 0.2) is 5.84 Å². The van der Waals surface area contributed by atoms with Crippen molar-refractivity contribution in [2.24, 2.45) is 16.8 Å². The maximum atomic E-state index is 8.65. The molecule has 1 fully saturated rings. The van der Waals surface area contributed by atoms with Crippen molar-refractivity contribution in [3.05, 3.63) is 34.9 Å². The summed E-state index contributed by atoms with van der Waals surface area (Å²) in [5, 5.41) is 11.7. The fraction of sp³-hybridized carbons (Fsp3) is 0.533. The number of benzene rings is 1. The van der Waals surface area contributed by atoms with Crippen LogP contribution in [-0.4, -0.2) is 17.6 Å². The number of hydrogen-bond donors (Lipinski definition) is 2. The molecule has 4 heteroatoms. The van der Waals surface area contributed by atoms with Gasteiger partial charge < -0.3 is 15.7 Å². The minimum atomic E-state index is 0.140. The van der Waals surface area contributed by atoms with Crippen LogP contribution in [0.2, 0.25) is 0 Å². The van der Waals surface area contributed by atoms with E-state index >= 15 is 0 Å². The molecule has 1 aliphatic rings. The highest BCUT2D eigenvalue weighted by atomic mass is 16.5. The first kappa shape index (κ1) is 13.9. The first-order valence-electron chi connectivity index (χ1n) is 6.86. The monoisotopic (exact) mass is 262 g/mol. The number of nitrogens with zero attached hydrogens (tertiary/aromatic N) is 1. The molecular formula is C15H22N2O2. The van der Waals surface area contributed by atoms with E-state index in [1.165, 1.54) is 25.7 Å². The molecule has 0 amide bonds. The lowest BCUT2D eigenvalue weighted by molar-refractivity contribution is 0.0885. The number of nitrogens with two attached hydrogens (primary N) is 1. The minimum absolute atomic E-state index is 0.140. The summed E-state index contributed by atoms with van der Waals surface area (Å²) in [6, 6.07) is 5.76. The fourth-order valence-corrected chi connectivity index (χ4v) is 2.59. The van der Waals surface area contributed by atoms with Crippen LogP contribution in [0.1, 0.15) is 42.4 Å². The van der Waals surface area contributed by atoms with Crippen LogP contribution >= 0.6 is 0 Å². The molecule has 4 nitrogen and oxygen atoms in total. The van der Waals surface area contributed by atoms with Crippen LogP contribution < -0.4 is 5.73 Å². The Morgan fingerprint density at radius 3 is 2.79 bits per heavy atom. The molecule has 19 heavy (non-hydrogen) atoms. The van der Waals surface area contributed by atoms with Gasteiger partial charge in [-0.05, 0) is 42.9 Å². The van der Waals surface area contributed by atoms with Gasteiger partial charge >= 0.3 is 0 Å². The van der Waals surface area contributed by atoms with Gasteiger partial charge in [0.1, 0.15) is 0 Å². The summed E-state index contributed by atoms with van der Waals surface area (Å²) in [5.74, 6) is 0.887. The molecule has 0 atom stereocenters.